The first kappa shape index (κ1) is 4.56. The van der Waals surface area contributed by atoms with Gasteiger partial charge in [-0.1, -0.05) is 4.48 Å². The summed E-state index contributed by atoms with van der Waals surface area (Å²) in [7, 11) is 0. The van der Waals surface area contributed by atoms with E-state index in [1.165, 1.54) is 0 Å². The highest BCUT2D eigenvalue weighted by Gasteiger charge is 2.18. The number of carbonyl (C=O) groups is 1. The van der Waals surface area contributed by atoms with Crippen molar-refractivity contribution in [2.75, 3.05) is 6.54 Å². The van der Waals surface area contributed by atoms with E-state index in [1.54, 1.807) is 0 Å². The van der Waals surface area contributed by atoms with Crippen molar-refractivity contribution >= 4 is 5.91 Å². The van der Waals surface area contributed by atoms with Crippen LogP contribution in [0.3, 0.4) is 0 Å². The molecule has 0 bridgehead atoms. The lowest BCUT2D eigenvalue weighted by atomic mass is 10.4. The van der Waals surface area contributed by atoms with Gasteiger partial charge in [-0.2, -0.15) is 5.12 Å². The zero-order chi connectivity index (χ0) is 5.28. The zero-order valence-corrected chi connectivity index (χ0v) is 3.85. The van der Waals surface area contributed by atoms with Crippen molar-refractivity contribution in [3.63, 3.8) is 0 Å². The van der Waals surface area contributed by atoms with E-state index in [4.69, 9.17) is 0 Å². The zero-order valence-electron chi connectivity index (χ0n) is 3.85. The maximum Gasteiger partial charge on any atom is 0.250 e. The summed E-state index contributed by atoms with van der Waals surface area (Å²) in [5, 5.41) is 0.264. The van der Waals surface area contributed by atoms with Gasteiger partial charge in [-0.25, -0.2) is 0 Å². The Morgan fingerprint density at radius 3 is 2.57 bits per heavy atom. The molecule has 0 aliphatic carbocycles. The van der Waals surface area contributed by atoms with Gasteiger partial charge in [0.2, 0.25) is 5.91 Å². The first-order valence-electron chi connectivity index (χ1n) is 2.27. The second-order valence-corrected chi connectivity index (χ2v) is 1.58. The second kappa shape index (κ2) is 1.48. The van der Waals surface area contributed by atoms with E-state index < -0.39 is 0 Å². The van der Waals surface area contributed by atoms with Gasteiger partial charge in [0.05, 0.1) is 6.54 Å². The Kier molecular flexibility index (Phi) is 0.964. The molecule has 0 unspecified atom stereocenters. The van der Waals surface area contributed by atoms with Crippen LogP contribution >= 0.6 is 0 Å². The summed E-state index contributed by atoms with van der Waals surface area (Å²) in [4.78, 5) is 10.1. The van der Waals surface area contributed by atoms with Gasteiger partial charge < -0.3 is 0 Å². The Labute approximate surface area is 40.9 Å². The molecule has 0 aromatic heterocycles. The van der Waals surface area contributed by atoms with Crippen LogP contribution in [0.5, 0.6) is 0 Å². The normalized spacial score (nSPS) is 21.3. The number of carbonyl (C=O) groups excluding carboxylic acids is 1. The smallest absolute Gasteiger partial charge is 0.250 e. The van der Waals surface area contributed by atoms with Crippen LogP contribution in [0.1, 0.15) is 12.8 Å². The maximum atomic E-state index is 11.8. The molecule has 0 N–H and O–H groups in total. The molecule has 0 aromatic carbocycles. The third-order valence-electron chi connectivity index (χ3n) is 1.02. The monoisotopic (exact) mass is 103 g/mol. The third-order valence-corrected chi connectivity index (χ3v) is 1.02. The Morgan fingerprint density at radius 2 is 2.43 bits per heavy atom. The lowest BCUT2D eigenvalue weighted by Gasteiger charge is -1.95. The molecular formula is C4H6FNO. The maximum absolute atomic E-state index is 11.8. The molecule has 0 radical (unpaired) electrons. The fraction of sp³-hybridized carbons (Fsp3) is 0.750. The predicted molar refractivity (Wildman–Crippen MR) is 22.1 cm³/mol. The number of hydrogen-bond acceptors (Lipinski definition) is 1. The van der Waals surface area contributed by atoms with Gasteiger partial charge in [0.15, 0.2) is 0 Å². The molecule has 1 aliphatic heterocycles. The average molecular weight is 103 g/mol. The largest absolute Gasteiger partial charge is 0.272 e. The Morgan fingerprint density at radius 1 is 1.71 bits per heavy atom. The van der Waals surface area contributed by atoms with Gasteiger partial charge in [-0.15, -0.1) is 0 Å². The van der Waals surface area contributed by atoms with E-state index in [0.29, 0.717) is 19.4 Å². The lowest BCUT2D eigenvalue weighted by Crippen LogP contribution is -2.12. The van der Waals surface area contributed by atoms with Crippen molar-refractivity contribution in [1.29, 1.82) is 0 Å². The quantitative estimate of drug-likeness (QED) is 0.409. The minimum Gasteiger partial charge on any atom is -0.272 e. The standard InChI is InChI=1S/C4H6FNO/c5-6-3-1-2-4(6)7/h1-3H2. The summed E-state index contributed by atoms with van der Waals surface area (Å²) in [5.74, 6) is -0.375. The van der Waals surface area contributed by atoms with Gasteiger partial charge in [0.1, 0.15) is 0 Å². The van der Waals surface area contributed by atoms with E-state index in [2.05, 4.69) is 0 Å². The van der Waals surface area contributed by atoms with Gasteiger partial charge in [-0.05, 0) is 6.42 Å². The molecule has 2 nitrogen and oxygen atoms in total. The number of rotatable bonds is 0. The summed E-state index contributed by atoms with van der Waals surface area (Å²) < 4.78 is 11.8. The first-order chi connectivity index (χ1) is 3.30. The molecule has 0 spiro atoms. The minimum atomic E-state index is -0.375. The van der Waals surface area contributed by atoms with Crippen molar-refractivity contribution in [2.24, 2.45) is 0 Å². The van der Waals surface area contributed by atoms with Gasteiger partial charge in [0.25, 0.3) is 0 Å². The summed E-state index contributed by atoms with van der Waals surface area (Å²) in [6, 6.07) is 0. The molecule has 40 valence electrons. The van der Waals surface area contributed by atoms with Gasteiger partial charge in [0, 0.05) is 6.42 Å². The fourth-order valence-electron chi connectivity index (χ4n) is 0.615. The van der Waals surface area contributed by atoms with E-state index >= 15 is 0 Å². The Bertz CT molecular complexity index is 93.7. The molecule has 1 fully saturated rings. The number of hydrogen-bond donors (Lipinski definition) is 0. The third kappa shape index (κ3) is 0.706. The van der Waals surface area contributed by atoms with Crippen molar-refractivity contribution in [2.45, 2.75) is 12.8 Å². The number of nitrogens with zero attached hydrogens (tertiary/aromatic N) is 1. The second-order valence-electron chi connectivity index (χ2n) is 1.58. The van der Waals surface area contributed by atoms with Gasteiger partial charge >= 0.3 is 0 Å². The van der Waals surface area contributed by atoms with E-state index in [0.717, 1.165) is 0 Å². The predicted octanol–water partition coefficient (Wildman–Crippen LogP) is 0.493. The molecule has 1 saturated heterocycles. The lowest BCUT2D eigenvalue weighted by molar-refractivity contribution is -0.140. The summed E-state index contributed by atoms with van der Waals surface area (Å²) in [6.07, 6.45) is 1.06. The van der Waals surface area contributed by atoms with Crippen molar-refractivity contribution < 1.29 is 9.28 Å². The van der Waals surface area contributed by atoms with E-state index in [1.807, 2.05) is 0 Å². The van der Waals surface area contributed by atoms with Crippen LogP contribution in [0.25, 0.3) is 0 Å². The SMILES string of the molecule is O=C1CCCN1F. The molecule has 1 aliphatic rings. The highest BCUT2D eigenvalue weighted by atomic mass is 19.2. The van der Waals surface area contributed by atoms with Crippen LogP contribution in [0.15, 0.2) is 0 Å². The van der Waals surface area contributed by atoms with Crippen LogP contribution in [-0.4, -0.2) is 17.6 Å². The summed E-state index contributed by atoms with van der Waals surface area (Å²) in [5.41, 5.74) is 0. The van der Waals surface area contributed by atoms with E-state index in [9.17, 15) is 9.28 Å². The van der Waals surface area contributed by atoms with Crippen molar-refractivity contribution in [3.05, 3.63) is 0 Å². The van der Waals surface area contributed by atoms with Crippen molar-refractivity contribution in [3.8, 4) is 0 Å². The van der Waals surface area contributed by atoms with Gasteiger partial charge in [-0.3, -0.25) is 4.79 Å². The van der Waals surface area contributed by atoms with E-state index in [-0.39, 0.29) is 11.0 Å². The molecule has 7 heavy (non-hydrogen) atoms. The van der Waals surface area contributed by atoms with Crippen LogP contribution in [0.4, 0.5) is 4.48 Å². The molecule has 1 amide bonds. The Balaban J connectivity index is 2.48. The molecule has 0 saturated carbocycles. The fourth-order valence-corrected chi connectivity index (χ4v) is 0.615. The summed E-state index contributed by atoms with van der Waals surface area (Å²) in [6.45, 7) is 0.291. The molecular weight excluding hydrogens is 97.0 g/mol. The minimum absolute atomic E-state index is 0.264. The molecule has 1 rings (SSSR count). The molecule has 3 heteroatoms. The average Bonchev–Trinajstić information content (AvgIpc) is 1.91. The van der Waals surface area contributed by atoms with Crippen LogP contribution < -0.4 is 0 Å². The van der Waals surface area contributed by atoms with Crippen LogP contribution in [-0.2, 0) is 4.79 Å². The van der Waals surface area contributed by atoms with Crippen LogP contribution in [0, 0.1) is 0 Å². The highest BCUT2D eigenvalue weighted by molar-refractivity contribution is 5.76. The number of halogens is 1. The number of amides is 1. The first-order valence-corrected chi connectivity index (χ1v) is 2.27. The van der Waals surface area contributed by atoms with Crippen LogP contribution in [0.2, 0.25) is 0 Å². The highest BCUT2D eigenvalue weighted by Crippen LogP contribution is 2.08. The molecule has 1 heterocycles. The Hall–Kier alpha value is -0.600. The molecule has 0 aromatic rings. The topological polar surface area (TPSA) is 20.3 Å². The summed E-state index contributed by atoms with van der Waals surface area (Å²) >= 11 is 0. The molecule has 0 atom stereocenters. The van der Waals surface area contributed by atoms with Crippen molar-refractivity contribution in [1.82, 2.24) is 5.12 Å².